The Hall–Kier alpha value is -1.29. The fourth-order valence-electron chi connectivity index (χ4n) is 1.34. The second kappa shape index (κ2) is 8.80. The van der Waals surface area contributed by atoms with Crippen molar-refractivity contribution in [2.45, 2.75) is 11.4 Å². The summed E-state index contributed by atoms with van der Waals surface area (Å²) in [6.07, 6.45) is 0.597. The minimum Gasteiger partial charge on any atom is -0.385 e. The maximum absolute atomic E-state index is 11.9. The van der Waals surface area contributed by atoms with Gasteiger partial charge in [-0.05, 0) is 18.6 Å². The van der Waals surface area contributed by atoms with Crippen LogP contribution < -0.4 is 10.0 Å². The molecule has 0 unspecified atom stereocenters. The molecule has 0 radical (unpaired) electrons. The van der Waals surface area contributed by atoms with Gasteiger partial charge in [-0.15, -0.1) is 10.2 Å². The molecule has 0 saturated heterocycles. The summed E-state index contributed by atoms with van der Waals surface area (Å²) in [5.41, 5.74) is 0. The van der Waals surface area contributed by atoms with E-state index in [1.165, 1.54) is 6.07 Å². The van der Waals surface area contributed by atoms with E-state index < -0.39 is 10.0 Å². The Bertz CT molecular complexity index is 478. The smallest absolute Gasteiger partial charge is 0.259 e. The Morgan fingerprint density at radius 3 is 2.45 bits per heavy atom. The molecule has 0 saturated carbocycles. The van der Waals surface area contributed by atoms with E-state index in [2.05, 4.69) is 20.2 Å². The van der Waals surface area contributed by atoms with Crippen LogP contribution in [0.25, 0.3) is 0 Å². The zero-order chi connectivity index (χ0) is 14.8. The maximum atomic E-state index is 11.9. The summed E-state index contributed by atoms with van der Waals surface area (Å²) >= 11 is 0. The molecule has 0 aliphatic carbocycles. The number of hydrogen-bond donors (Lipinski definition) is 2. The van der Waals surface area contributed by atoms with Crippen LogP contribution in [-0.2, 0) is 19.5 Å². The van der Waals surface area contributed by atoms with Gasteiger partial charge in [0.25, 0.3) is 10.0 Å². The molecule has 0 aromatic carbocycles. The molecule has 0 spiro atoms. The van der Waals surface area contributed by atoms with Crippen LogP contribution in [0.2, 0.25) is 0 Å². The third kappa shape index (κ3) is 5.78. The average molecular weight is 304 g/mol. The third-order valence-corrected chi connectivity index (χ3v) is 3.70. The molecule has 1 rings (SSSR count). The zero-order valence-electron chi connectivity index (χ0n) is 11.6. The molecule has 0 amide bonds. The summed E-state index contributed by atoms with van der Waals surface area (Å²) in [5, 5.41) is 10.3. The summed E-state index contributed by atoms with van der Waals surface area (Å²) in [4.78, 5) is 0. The number of nitrogens with one attached hydrogen (secondary N) is 2. The quantitative estimate of drug-likeness (QED) is 0.579. The van der Waals surface area contributed by atoms with Crippen molar-refractivity contribution in [3.05, 3.63) is 12.1 Å². The molecular formula is C11H20N4O4S. The monoisotopic (exact) mass is 304 g/mol. The van der Waals surface area contributed by atoms with E-state index in [9.17, 15) is 8.42 Å². The van der Waals surface area contributed by atoms with Gasteiger partial charge in [0, 0.05) is 33.9 Å². The second-order valence-corrected chi connectivity index (χ2v) is 5.63. The first-order chi connectivity index (χ1) is 9.60. The maximum Gasteiger partial charge on any atom is 0.259 e. The average Bonchev–Trinajstić information content (AvgIpc) is 2.45. The molecule has 0 atom stereocenters. The molecule has 1 aromatic rings. The number of ether oxygens (including phenoxy) is 2. The van der Waals surface area contributed by atoms with Crippen molar-refractivity contribution in [2.24, 2.45) is 0 Å². The minimum absolute atomic E-state index is 0.104. The van der Waals surface area contributed by atoms with Gasteiger partial charge < -0.3 is 14.8 Å². The van der Waals surface area contributed by atoms with Crippen molar-refractivity contribution in [3.8, 4) is 0 Å². The van der Waals surface area contributed by atoms with Gasteiger partial charge in [0.05, 0.1) is 6.61 Å². The Morgan fingerprint density at radius 1 is 1.10 bits per heavy atom. The van der Waals surface area contributed by atoms with E-state index in [-0.39, 0.29) is 5.03 Å². The SMILES string of the molecule is COCCCNS(=O)(=O)c1ccc(NCCOC)nn1. The largest absolute Gasteiger partial charge is 0.385 e. The van der Waals surface area contributed by atoms with Gasteiger partial charge in [0.2, 0.25) is 0 Å². The van der Waals surface area contributed by atoms with Crippen molar-refractivity contribution in [1.82, 2.24) is 14.9 Å². The second-order valence-electron chi connectivity index (χ2n) is 3.92. The molecule has 1 aromatic heterocycles. The Morgan fingerprint density at radius 2 is 1.85 bits per heavy atom. The highest BCUT2D eigenvalue weighted by atomic mass is 32.2. The molecule has 0 aliphatic heterocycles. The molecule has 9 heteroatoms. The lowest BCUT2D eigenvalue weighted by molar-refractivity contribution is 0.196. The molecule has 114 valence electrons. The van der Waals surface area contributed by atoms with Crippen LogP contribution >= 0.6 is 0 Å². The predicted octanol–water partition coefficient (Wildman–Crippen LogP) is -0.150. The Labute approximate surface area is 118 Å². The minimum atomic E-state index is -3.61. The predicted molar refractivity (Wildman–Crippen MR) is 74.1 cm³/mol. The lowest BCUT2D eigenvalue weighted by Crippen LogP contribution is -2.26. The number of sulfonamides is 1. The number of rotatable bonds is 10. The first-order valence-corrected chi connectivity index (χ1v) is 7.63. The Kier molecular flexibility index (Phi) is 7.37. The van der Waals surface area contributed by atoms with Gasteiger partial charge in [-0.1, -0.05) is 0 Å². The summed E-state index contributed by atoms with van der Waals surface area (Å²) < 4.78 is 35.9. The van der Waals surface area contributed by atoms with E-state index in [4.69, 9.17) is 9.47 Å². The first-order valence-electron chi connectivity index (χ1n) is 6.15. The van der Waals surface area contributed by atoms with Crippen molar-refractivity contribution < 1.29 is 17.9 Å². The summed E-state index contributed by atoms with van der Waals surface area (Å²) in [5.74, 6) is 0.500. The zero-order valence-corrected chi connectivity index (χ0v) is 12.4. The fourth-order valence-corrected chi connectivity index (χ4v) is 2.29. The fraction of sp³-hybridized carbons (Fsp3) is 0.636. The van der Waals surface area contributed by atoms with Crippen molar-refractivity contribution in [2.75, 3.05) is 45.8 Å². The summed E-state index contributed by atoms with van der Waals surface area (Å²) in [6.45, 7) is 1.90. The van der Waals surface area contributed by atoms with Crippen molar-refractivity contribution in [3.63, 3.8) is 0 Å². The van der Waals surface area contributed by atoms with Gasteiger partial charge >= 0.3 is 0 Å². The molecule has 20 heavy (non-hydrogen) atoms. The van der Waals surface area contributed by atoms with E-state index in [1.807, 2.05) is 0 Å². The number of methoxy groups -OCH3 is 2. The highest BCUT2D eigenvalue weighted by Crippen LogP contribution is 2.07. The van der Waals surface area contributed by atoms with Gasteiger partial charge in [-0.3, -0.25) is 0 Å². The number of aromatic nitrogens is 2. The molecular weight excluding hydrogens is 284 g/mol. The summed E-state index contributed by atoms with van der Waals surface area (Å²) in [6, 6.07) is 2.97. The molecule has 0 bridgehead atoms. The molecule has 0 aliphatic rings. The highest BCUT2D eigenvalue weighted by Gasteiger charge is 2.15. The molecule has 8 nitrogen and oxygen atoms in total. The highest BCUT2D eigenvalue weighted by molar-refractivity contribution is 7.89. The van der Waals surface area contributed by atoms with E-state index >= 15 is 0 Å². The Balaban J connectivity index is 2.53. The van der Waals surface area contributed by atoms with Gasteiger partial charge in [-0.2, -0.15) is 0 Å². The molecule has 2 N–H and O–H groups in total. The van der Waals surface area contributed by atoms with E-state index in [0.717, 1.165) is 0 Å². The topological polar surface area (TPSA) is 102 Å². The van der Waals surface area contributed by atoms with Gasteiger partial charge in [0.1, 0.15) is 5.82 Å². The van der Waals surface area contributed by atoms with Crippen molar-refractivity contribution >= 4 is 15.8 Å². The summed E-state index contributed by atoms with van der Waals surface area (Å²) in [7, 11) is -0.454. The number of hydrogen-bond acceptors (Lipinski definition) is 7. The van der Waals surface area contributed by atoms with Gasteiger partial charge in [0.15, 0.2) is 5.03 Å². The van der Waals surface area contributed by atoms with Crippen LogP contribution in [0.5, 0.6) is 0 Å². The molecule has 1 heterocycles. The van der Waals surface area contributed by atoms with Crippen LogP contribution in [0.3, 0.4) is 0 Å². The van der Waals surface area contributed by atoms with Crippen LogP contribution in [0.15, 0.2) is 17.2 Å². The van der Waals surface area contributed by atoms with Crippen LogP contribution in [0.4, 0.5) is 5.82 Å². The van der Waals surface area contributed by atoms with E-state index in [0.29, 0.717) is 38.5 Å². The van der Waals surface area contributed by atoms with Crippen LogP contribution in [-0.4, -0.2) is 59.1 Å². The van der Waals surface area contributed by atoms with E-state index in [1.54, 1.807) is 20.3 Å². The molecule has 0 fully saturated rings. The number of anilines is 1. The van der Waals surface area contributed by atoms with Crippen LogP contribution in [0.1, 0.15) is 6.42 Å². The normalized spacial score (nSPS) is 11.5. The van der Waals surface area contributed by atoms with Gasteiger partial charge in [-0.25, -0.2) is 13.1 Å². The lowest BCUT2D eigenvalue weighted by atomic mass is 10.5. The third-order valence-electron chi connectivity index (χ3n) is 2.35. The number of nitrogens with zero attached hydrogens (tertiary/aromatic N) is 2. The lowest BCUT2D eigenvalue weighted by Gasteiger charge is -2.07. The standard InChI is InChI=1S/C11H20N4O4S/c1-18-8-3-6-13-20(16,17)11-5-4-10(14-15-11)12-7-9-19-2/h4-5,13H,3,6-9H2,1-2H3,(H,12,14). The van der Waals surface area contributed by atoms with Crippen LogP contribution in [0, 0.1) is 0 Å². The van der Waals surface area contributed by atoms with Crippen molar-refractivity contribution in [1.29, 1.82) is 0 Å². The first kappa shape index (κ1) is 16.8.